The summed E-state index contributed by atoms with van der Waals surface area (Å²) < 4.78 is 34.7. The Morgan fingerprint density at radius 2 is 0.867 bits per heavy atom. The van der Waals surface area contributed by atoms with Crippen molar-refractivity contribution in [1.29, 1.82) is 0 Å². The molecule has 8 nitrogen and oxygen atoms in total. The van der Waals surface area contributed by atoms with E-state index in [2.05, 4.69) is 38.2 Å². The standard InChI is InChI=1S/C51H100NO7P/c1-6-8-10-12-14-16-18-20-21-22-23-24-25-26-27-28-29-30-31-32-34-36-38-40-42-44-51(53)59-50(49-58-60(54,55)57-47-45-52(3,4)5)48-56-46-43-41-39-37-35-33-19-17-15-13-11-9-7-2/h15,17,22-23,50H,6-14,16,18-21,24-49H2,1-5H3/b17-15-,23-22-. The van der Waals surface area contributed by atoms with Crippen LogP contribution < -0.4 is 4.89 Å². The van der Waals surface area contributed by atoms with E-state index in [1.807, 2.05) is 21.1 Å². The fourth-order valence-corrected chi connectivity index (χ4v) is 7.97. The number of esters is 1. The lowest BCUT2D eigenvalue weighted by Gasteiger charge is -2.28. The summed E-state index contributed by atoms with van der Waals surface area (Å²) in [5.41, 5.74) is 0. The van der Waals surface area contributed by atoms with Crippen LogP contribution in [0, 0.1) is 0 Å². The normalized spacial score (nSPS) is 13.8. The average Bonchev–Trinajstić information content (AvgIpc) is 3.20. The lowest BCUT2D eigenvalue weighted by Crippen LogP contribution is -2.37. The molecule has 0 fully saturated rings. The number of phosphoric ester groups is 1. The van der Waals surface area contributed by atoms with Gasteiger partial charge in [-0.2, -0.15) is 0 Å². The second kappa shape index (κ2) is 44.6. The average molecular weight is 870 g/mol. The summed E-state index contributed by atoms with van der Waals surface area (Å²) in [6.07, 6.45) is 52.0. The maximum absolute atomic E-state index is 12.7. The van der Waals surface area contributed by atoms with E-state index in [1.54, 1.807) is 0 Å². The molecule has 0 aliphatic rings. The van der Waals surface area contributed by atoms with E-state index >= 15 is 0 Å². The number of ether oxygens (including phenoxy) is 2. The summed E-state index contributed by atoms with van der Waals surface area (Å²) in [7, 11) is 1.36. The number of phosphoric acid groups is 1. The van der Waals surface area contributed by atoms with Crippen LogP contribution in [-0.2, 0) is 27.9 Å². The highest BCUT2D eigenvalue weighted by atomic mass is 31.2. The summed E-state index contributed by atoms with van der Waals surface area (Å²) in [6, 6.07) is 0. The molecule has 2 unspecified atom stereocenters. The zero-order chi connectivity index (χ0) is 44.1. The highest BCUT2D eigenvalue weighted by Crippen LogP contribution is 2.38. The molecule has 0 bridgehead atoms. The summed E-state index contributed by atoms with van der Waals surface area (Å²) in [5, 5.41) is 0. The Bertz CT molecular complexity index is 1010. The molecule has 60 heavy (non-hydrogen) atoms. The van der Waals surface area contributed by atoms with Crippen molar-refractivity contribution >= 4 is 13.8 Å². The van der Waals surface area contributed by atoms with Crippen molar-refractivity contribution in [2.75, 3.05) is 54.1 Å². The molecule has 0 saturated heterocycles. The van der Waals surface area contributed by atoms with Crippen molar-refractivity contribution in [2.24, 2.45) is 0 Å². The second-order valence-electron chi connectivity index (χ2n) is 18.5. The van der Waals surface area contributed by atoms with Crippen molar-refractivity contribution in [3.8, 4) is 0 Å². The van der Waals surface area contributed by atoms with Crippen molar-refractivity contribution < 1.29 is 37.3 Å². The number of quaternary nitrogens is 1. The molecule has 0 saturated carbocycles. The highest BCUT2D eigenvalue weighted by Gasteiger charge is 2.20. The SMILES string of the molecule is CCCCC/C=C\CCCCCCCCOCC(COP(=O)([O-])OCC[N+](C)(C)C)OC(=O)CCCCCCCCCCCCCCC/C=C\CCCCCCCCCC. The summed E-state index contributed by atoms with van der Waals surface area (Å²) in [6.45, 7) is 5.41. The topological polar surface area (TPSA) is 94.1 Å². The van der Waals surface area contributed by atoms with E-state index in [0.29, 0.717) is 24.1 Å². The number of hydrogen-bond donors (Lipinski definition) is 0. The van der Waals surface area contributed by atoms with E-state index in [0.717, 1.165) is 32.1 Å². The molecular weight excluding hydrogens is 770 g/mol. The van der Waals surface area contributed by atoms with Gasteiger partial charge in [-0.25, -0.2) is 0 Å². The van der Waals surface area contributed by atoms with Crippen molar-refractivity contribution in [1.82, 2.24) is 0 Å². The number of likely N-dealkylation sites (N-methyl/N-ethyl adjacent to an activating group) is 1. The van der Waals surface area contributed by atoms with Gasteiger partial charge in [-0.15, -0.1) is 0 Å². The minimum absolute atomic E-state index is 0.0267. The molecule has 0 aliphatic heterocycles. The molecule has 2 atom stereocenters. The van der Waals surface area contributed by atoms with Crippen LogP contribution in [0.15, 0.2) is 24.3 Å². The molecule has 356 valence electrons. The van der Waals surface area contributed by atoms with Gasteiger partial charge in [0, 0.05) is 13.0 Å². The molecular formula is C51H100NO7P. The largest absolute Gasteiger partial charge is 0.756 e. The number of hydrogen-bond acceptors (Lipinski definition) is 7. The zero-order valence-corrected chi connectivity index (χ0v) is 41.3. The molecule has 0 spiro atoms. The Morgan fingerprint density at radius 1 is 0.500 bits per heavy atom. The van der Waals surface area contributed by atoms with Gasteiger partial charge >= 0.3 is 5.97 Å². The number of unbranched alkanes of at least 4 members (excludes halogenated alkanes) is 30. The Morgan fingerprint density at radius 3 is 1.30 bits per heavy atom. The Labute approximate surface area is 373 Å². The molecule has 9 heteroatoms. The molecule has 0 N–H and O–H groups in total. The lowest BCUT2D eigenvalue weighted by atomic mass is 10.0. The van der Waals surface area contributed by atoms with Crippen LogP contribution in [0.3, 0.4) is 0 Å². The predicted octanol–water partition coefficient (Wildman–Crippen LogP) is 14.9. The summed E-state index contributed by atoms with van der Waals surface area (Å²) in [5.74, 6) is -0.333. The summed E-state index contributed by atoms with van der Waals surface area (Å²) >= 11 is 0. The number of nitrogens with zero attached hydrogens (tertiary/aromatic N) is 1. The Balaban J connectivity index is 4.05. The molecule has 0 aromatic rings. The number of allylic oxidation sites excluding steroid dienone is 4. The molecule has 0 aliphatic carbocycles. The van der Waals surface area contributed by atoms with Gasteiger partial charge in [-0.1, -0.05) is 192 Å². The van der Waals surface area contributed by atoms with Gasteiger partial charge in [0.05, 0.1) is 34.4 Å². The minimum Gasteiger partial charge on any atom is -0.756 e. The van der Waals surface area contributed by atoms with Gasteiger partial charge in [0.1, 0.15) is 19.3 Å². The zero-order valence-electron chi connectivity index (χ0n) is 40.4. The van der Waals surface area contributed by atoms with Crippen LogP contribution >= 0.6 is 7.82 Å². The van der Waals surface area contributed by atoms with Gasteiger partial charge < -0.3 is 27.9 Å². The van der Waals surface area contributed by atoms with Crippen LogP contribution in [0.4, 0.5) is 0 Å². The fourth-order valence-electron chi connectivity index (χ4n) is 7.24. The van der Waals surface area contributed by atoms with Crippen LogP contribution in [0.25, 0.3) is 0 Å². The first-order valence-electron chi connectivity index (χ1n) is 25.6. The van der Waals surface area contributed by atoms with Crippen LogP contribution in [0.5, 0.6) is 0 Å². The molecule has 0 heterocycles. The van der Waals surface area contributed by atoms with Gasteiger partial charge in [-0.3, -0.25) is 9.36 Å². The smallest absolute Gasteiger partial charge is 0.306 e. The third-order valence-electron chi connectivity index (χ3n) is 11.2. The Hall–Kier alpha value is -1.02. The molecule has 0 rings (SSSR count). The monoisotopic (exact) mass is 870 g/mol. The Kier molecular flexibility index (Phi) is 43.8. The van der Waals surface area contributed by atoms with E-state index in [4.69, 9.17) is 18.5 Å². The molecule has 0 aromatic carbocycles. The quantitative estimate of drug-likeness (QED) is 0.0198. The van der Waals surface area contributed by atoms with Gasteiger partial charge in [0.25, 0.3) is 7.82 Å². The van der Waals surface area contributed by atoms with Crippen LogP contribution in [0.2, 0.25) is 0 Å². The van der Waals surface area contributed by atoms with Gasteiger partial charge in [-0.05, 0) is 64.2 Å². The van der Waals surface area contributed by atoms with Gasteiger partial charge in [0.2, 0.25) is 0 Å². The first-order valence-corrected chi connectivity index (χ1v) is 27.0. The van der Waals surface area contributed by atoms with E-state index in [1.165, 1.54) is 186 Å². The van der Waals surface area contributed by atoms with Crippen LogP contribution in [-0.4, -0.2) is 70.7 Å². The van der Waals surface area contributed by atoms with E-state index in [9.17, 15) is 14.3 Å². The van der Waals surface area contributed by atoms with Crippen LogP contribution in [0.1, 0.15) is 239 Å². The predicted molar refractivity (Wildman–Crippen MR) is 254 cm³/mol. The molecule has 0 amide bonds. The minimum atomic E-state index is -4.53. The highest BCUT2D eigenvalue weighted by molar-refractivity contribution is 7.45. The first kappa shape index (κ1) is 59.0. The third kappa shape index (κ3) is 48.0. The number of carbonyl (C=O) groups is 1. The second-order valence-corrected chi connectivity index (χ2v) is 19.9. The fraction of sp³-hybridized carbons (Fsp3) is 0.902. The maximum Gasteiger partial charge on any atom is 0.306 e. The van der Waals surface area contributed by atoms with Crippen molar-refractivity contribution in [2.45, 2.75) is 245 Å². The maximum atomic E-state index is 12.7. The first-order chi connectivity index (χ1) is 29.1. The number of rotatable bonds is 48. The summed E-state index contributed by atoms with van der Waals surface area (Å²) in [4.78, 5) is 25.1. The van der Waals surface area contributed by atoms with Crippen molar-refractivity contribution in [3.63, 3.8) is 0 Å². The number of carbonyl (C=O) groups excluding carboxylic acids is 1. The van der Waals surface area contributed by atoms with E-state index < -0.39 is 13.9 Å². The van der Waals surface area contributed by atoms with Gasteiger partial charge in [0.15, 0.2) is 0 Å². The van der Waals surface area contributed by atoms with E-state index in [-0.39, 0.29) is 25.8 Å². The third-order valence-corrected chi connectivity index (χ3v) is 12.2. The van der Waals surface area contributed by atoms with Crippen molar-refractivity contribution in [3.05, 3.63) is 24.3 Å². The molecule has 0 radical (unpaired) electrons. The molecule has 0 aromatic heterocycles. The lowest BCUT2D eigenvalue weighted by molar-refractivity contribution is -0.870.